The summed E-state index contributed by atoms with van der Waals surface area (Å²) in [7, 11) is 0. The number of hydrogen-bond donors (Lipinski definition) is 2. The van der Waals surface area contributed by atoms with Crippen LogP contribution >= 0.6 is 0 Å². The standard InChI is InChI=1S/C16H22N4/c1-3-5-13-6-8-14(9-7-13)19-15-10-12-18-16(20-15)17-11-4-2/h6-10,12H,3-5,11H2,1-2H3,(H2,17,18,19,20). The van der Waals surface area contributed by atoms with E-state index in [0.29, 0.717) is 5.95 Å². The zero-order chi connectivity index (χ0) is 14.2. The average Bonchev–Trinajstić information content (AvgIpc) is 2.48. The number of hydrogen-bond acceptors (Lipinski definition) is 4. The van der Waals surface area contributed by atoms with Gasteiger partial charge in [-0.25, -0.2) is 4.98 Å². The molecular formula is C16H22N4. The highest BCUT2D eigenvalue weighted by molar-refractivity contribution is 5.57. The first-order valence-electron chi connectivity index (χ1n) is 7.24. The van der Waals surface area contributed by atoms with Crippen molar-refractivity contribution in [2.24, 2.45) is 0 Å². The first-order chi connectivity index (χ1) is 9.81. The van der Waals surface area contributed by atoms with E-state index in [9.17, 15) is 0 Å². The summed E-state index contributed by atoms with van der Waals surface area (Å²) in [5.41, 5.74) is 2.41. The molecule has 0 aliphatic heterocycles. The zero-order valence-corrected chi connectivity index (χ0v) is 12.2. The van der Waals surface area contributed by atoms with E-state index in [-0.39, 0.29) is 0 Å². The van der Waals surface area contributed by atoms with Gasteiger partial charge in [-0.1, -0.05) is 32.4 Å². The normalized spacial score (nSPS) is 10.3. The number of nitrogens with one attached hydrogen (secondary N) is 2. The molecule has 0 atom stereocenters. The molecule has 1 heterocycles. The van der Waals surface area contributed by atoms with Gasteiger partial charge in [0.2, 0.25) is 5.95 Å². The molecule has 1 aromatic carbocycles. The van der Waals surface area contributed by atoms with Crippen molar-refractivity contribution >= 4 is 17.5 Å². The lowest BCUT2D eigenvalue weighted by Gasteiger charge is -2.08. The van der Waals surface area contributed by atoms with Crippen molar-refractivity contribution in [2.45, 2.75) is 33.1 Å². The van der Waals surface area contributed by atoms with Gasteiger partial charge < -0.3 is 10.6 Å². The van der Waals surface area contributed by atoms with Crippen LogP contribution in [0.4, 0.5) is 17.5 Å². The first kappa shape index (κ1) is 14.3. The lowest BCUT2D eigenvalue weighted by Crippen LogP contribution is -2.05. The molecule has 0 aliphatic rings. The molecular weight excluding hydrogens is 248 g/mol. The summed E-state index contributed by atoms with van der Waals surface area (Å²) >= 11 is 0. The van der Waals surface area contributed by atoms with Crippen LogP contribution in [0, 0.1) is 0 Å². The molecule has 0 bridgehead atoms. The Morgan fingerprint density at radius 3 is 2.50 bits per heavy atom. The van der Waals surface area contributed by atoms with E-state index in [2.05, 4.69) is 58.7 Å². The smallest absolute Gasteiger partial charge is 0.224 e. The van der Waals surface area contributed by atoms with Crippen molar-refractivity contribution in [3.63, 3.8) is 0 Å². The van der Waals surface area contributed by atoms with Gasteiger partial charge in [0.25, 0.3) is 0 Å². The Morgan fingerprint density at radius 1 is 1.00 bits per heavy atom. The Bertz CT molecular complexity index is 522. The van der Waals surface area contributed by atoms with Gasteiger partial charge in [-0.3, -0.25) is 0 Å². The summed E-state index contributed by atoms with van der Waals surface area (Å²) < 4.78 is 0. The van der Waals surface area contributed by atoms with E-state index in [4.69, 9.17) is 0 Å². The predicted octanol–water partition coefficient (Wildman–Crippen LogP) is 3.99. The Balaban J connectivity index is 2.01. The summed E-state index contributed by atoms with van der Waals surface area (Å²) in [5, 5.41) is 6.48. The second-order valence-electron chi connectivity index (χ2n) is 4.76. The van der Waals surface area contributed by atoms with Crippen molar-refractivity contribution in [3.05, 3.63) is 42.1 Å². The van der Waals surface area contributed by atoms with Crippen molar-refractivity contribution in [1.82, 2.24) is 9.97 Å². The fourth-order valence-corrected chi connectivity index (χ4v) is 1.94. The molecule has 0 aliphatic carbocycles. The number of rotatable bonds is 7. The first-order valence-corrected chi connectivity index (χ1v) is 7.24. The Labute approximate surface area is 120 Å². The molecule has 0 fully saturated rings. The zero-order valence-electron chi connectivity index (χ0n) is 12.2. The van der Waals surface area contributed by atoms with Gasteiger partial charge in [-0.2, -0.15) is 4.98 Å². The SMILES string of the molecule is CCCNc1nccc(Nc2ccc(CCC)cc2)n1. The summed E-state index contributed by atoms with van der Waals surface area (Å²) in [6.07, 6.45) is 5.11. The minimum atomic E-state index is 0.666. The van der Waals surface area contributed by atoms with Gasteiger partial charge in [0.05, 0.1) is 0 Å². The van der Waals surface area contributed by atoms with Gasteiger partial charge in [0, 0.05) is 18.4 Å². The highest BCUT2D eigenvalue weighted by atomic mass is 15.1. The summed E-state index contributed by atoms with van der Waals surface area (Å²) in [6, 6.07) is 10.4. The fraction of sp³-hybridized carbons (Fsp3) is 0.375. The Kier molecular flexibility index (Phi) is 5.35. The second-order valence-corrected chi connectivity index (χ2v) is 4.76. The second kappa shape index (κ2) is 7.48. The van der Waals surface area contributed by atoms with Crippen LogP contribution in [0.15, 0.2) is 36.5 Å². The minimum Gasteiger partial charge on any atom is -0.354 e. The highest BCUT2D eigenvalue weighted by Gasteiger charge is 1.99. The van der Waals surface area contributed by atoms with E-state index in [1.807, 2.05) is 6.07 Å². The maximum Gasteiger partial charge on any atom is 0.224 e. The molecule has 106 valence electrons. The Morgan fingerprint density at radius 2 is 1.80 bits per heavy atom. The minimum absolute atomic E-state index is 0.666. The van der Waals surface area contributed by atoms with Crippen LogP contribution in [-0.2, 0) is 6.42 Å². The van der Waals surface area contributed by atoms with Crippen LogP contribution in [0.1, 0.15) is 32.3 Å². The van der Waals surface area contributed by atoms with Gasteiger partial charge in [0.1, 0.15) is 5.82 Å². The quantitative estimate of drug-likeness (QED) is 0.798. The monoisotopic (exact) mass is 270 g/mol. The van der Waals surface area contributed by atoms with E-state index in [1.54, 1.807) is 6.20 Å². The summed E-state index contributed by atoms with van der Waals surface area (Å²) in [6.45, 7) is 5.19. The molecule has 0 radical (unpaired) electrons. The Hall–Kier alpha value is -2.10. The van der Waals surface area contributed by atoms with Gasteiger partial charge >= 0.3 is 0 Å². The molecule has 1 aromatic heterocycles. The van der Waals surface area contributed by atoms with Crippen molar-refractivity contribution < 1.29 is 0 Å². The molecule has 0 saturated carbocycles. The average molecular weight is 270 g/mol. The maximum absolute atomic E-state index is 4.43. The number of aryl methyl sites for hydroxylation is 1. The van der Waals surface area contributed by atoms with Crippen LogP contribution < -0.4 is 10.6 Å². The number of aromatic nitrogens is 2. The largest absolute Gasteiger partial charge is 0.354 e. The van der Waals surface area contributed by atoms with Crippen molar-refractivity contribution in [1.29, 1.82) is 0 Å². The van der Waals surface area contributed by atoms with Crippen LogP contribution in [0.3, 0.4) is 0 Å². The third kappa shape index (κ3) is 4.23. The van der Waals surface area contributed by atoms with E-state index >= 15 is 0 Å². The van der Waals surface area contributed by atoms with Gasteiger partial charge in [-0.15, -0.1) is 0 Å². The number of anilines is 3. The molecule has 0 spiro atoms. The van der Waals surface area contributed by atoms with Crippen molar-refractivity contribution in [3.8, 4) is 0 Å². The molecule has 2 rings (SSSR count). The third-order valence-electron chi connectivity index (χ3n) is 2.95. The van der Waals surface area contributed by atoms with Crippen LogP contribution in [0.25, 0.3) is 0 Å². The molecule has 2 aromatic rings. The topological polar surface area (TPSA) is 49.8 Å². The number of nitrogens with zero attached hydrogens (tertiary/aromatic N) is 2. The third-order valence-corrected chi connectivity index (χ3v) is 2.95. The summed E-state index contributed by atoms with van der Waals surface area (Å²) in [4.78, 5) is 8.63. The molecule has 20 heavy (non-hydrogen) atoms. The molecule has 4 heteroatoms. The predicted molar refractivity (Wildman–Crippen MR) is 84.5 cm³/mol. The van der Waals surface area contributed by atoms with E-state index in [1.165, 1.54) is 12.0 Å². The molecule has 2 N–H and O–H groups in total. The van der Waals surface area contributed by atoms with Gasteiger partial charge in [0.15, 0.2) is 0 Å². The van der Waals surface area contributed by atoms with Crippen molar-refractivity contribution in [2.75, 3.05) is 17.2 Å². The van der Waals surface area contributed by atoms with Crippen LogP contribution in [-0.4, -0.2) is 16.5 Å². The van der Waals surface area contributed by atoms with Crippen LogP contribution in [0.5, 0.6) is 0 Å². The number of benzene rings is 1. The summed E-state index contributed by atoms with van der Waals surface area (Å²) in [5.74, 6) is 1.47. The van der Waals surface area contributed by atoms with E-state index in [0.717, 1.165) is 30.9 Å². The van der Waals surface area contributed by atoms with E-state index < -0.39 is 0 Å². The van der Waals surface area contributed by atoms with Crippen LogP contribution in [0.2, 0.25) is 0 Å². The molecule has 4 nitrogen and oxygen atoms in total. The molecule has 0 unspecified atom stereocenters. The lowest BCUT2D eigenvalue weighted by molar-refractivity contribution is 0.922. The lowest BCUT2D eigenvalue weighted by atomic mass is 10.1. The maximum atomic E-state index is 4.43. The molecule has 0 amide bonds. The van der Waals surface area contributed by atoms with Gasteiger partial charge in [-0.05, 0) is 36.6 Å². The highest BCUT2D eigenvalue weighted by Crippen LogP contribution is 2.16. The fourth-order valence-electron chi connectivity index (χ4n) is 1.94. The molecule has 0 saturated heterocycles.